The van der Waals surface area contributed by atoms with Gasteiger partial charge < -0.3 is 24.8 Å². The second kappa shape index (κ2) is 9.40. The predicted octanol–water partition coefficient (Wildman–Crippen LogP) is 0.648. The first-order valence-corrected chi connectivity index (χ1v) is 17.5. The first-order chi connectivity index (χ1) is 12.1. The van der Waals surface area contributed by atoms with Crippen molar-refractivity contribution in [1.29, 1.82) is 0 Å². The molecular formula is C23H26Cl2SiZr. The fraction of sp³-hybridized carbons (Fsp3) is 0.304. The van der Waals surface area contributed by atoms with Gasteiger partial charge in [0.15, 0.2) is 0 Å². The Kier molecular flexibility index (Phi) is 7.97. The minimum atomic E-state index is -1.32. The van der Waals surface area contributed by atoms with E-state index in [2.05, 4.69) is 80.7 Å². The van der Waals surface area contributed by atoms with Crippen molar-refractivity contribution < 1.29 is 47.2 Å². The summed E-state index contributed by atoms with van der Waals surface area (Å²) >= 11 is -0.530. The van der Waals surface area contributed by atoms with E-state index in [-0.39, 0.29) is 24.8 Å². The molecule has 2 aromatic rings. The van der Waals surface area contributed by atoms with Crippen molar-refractivity contribution in [3.63, 3.8) is 0 Å². The van der Waals surface area contributed by atoms with Gasteiger partial charge in [0.1, 0.15) is 0 Å². The van der Waals surface area contributed by atoms with E-state index < -0.39 is 27.6 Å². The van der Waals surface area contributed by atoms with Crippen LogP contribution in [0.15, 0.2) is 69.5 Å². The molecule has 4 heteroatoms. The quantitative estimate of drug-likeness (QED) is 0.538. The van der Waals surface area contributed by atoms with Gasteiger partial charge in [-0.05, 0) is 0 Å². The molecule has 0 atom stereocenters. The van der Waals surface area contributed by atoms with Crippen molar-refractivity contribution >= 4 is 5.20 Å². The topological polar surface area (TPSA) is 0 Å². The number of allylic oxidation sites excluding steroid dienone is 4. The van der Waals surface area contributed by atoms with Gasteiger partial charge in [-0.3, -0.25) is 0 Å². The predicted molar refractivity (Wildman–Crippen MR) is 107 cm³/mol. The van der Waals surface area contributed by atoms with Crippen LogP contribution in [0.1, 0.15) is 42.9 Å². The van der Waals surface area contributed by atoms with Gasteiger partial charge in [0.25, 0.3) is 0 Å². The molecule has 2 aliphatic carbocycles. The van der Waals surface area contributed by atoms with Crippen LogP contribution in [0.25, 0.3) is 11.1 Å². The second-order valence-corrected chi connectivity index (χ2v) is 25.1. The summed E-state index contributed by atoms with van der Waals surface area (Å²) in [6, 6.07) is 18.3. The van der Waals surface area contributed by atoms with Crippen LogP contribution in [0, 0.1) is 0 Å². The molecule has 0 nitrogen and oxygen atoms in total. The average molecular weight is 493 g/mol. The van der Waals surface area contributed by atoms with Crippen LogP contribution in [-0.2, 0) is 22.4 Å². The third-order valence-electron chi connectivity index (χ3n) is 5.52. The number of benzene rings is 2. The first-order valence-electron chi connectivity index (χ1n) is 9.46. The second-order valence-electron chi connectivity index (χ2n) is 7.86. The molecule has 0 radical (unpaired) electrons. The number of halogens is 2. The van der Waals surface area contributed by atoms with Crippen LogP contribution in [0.4, 0.5) is 0 Å². The summed E-state index contributed by atoms with van der Waals surface area (Å²) in [6.07, 6.45) is 8.87. The Morgan fingerprint density at radius 1 is 0.926 bits per heavy atom. The minimum Gasteiger partial charge on any atom is -1.00 e. The number of fused-ring (bicyclic) bond motifs is 3. The van der Waals surface area contributed by atoms with Gasteiger partial charge in [0, 0.05) is 0 Å². The maximum atomic E-state index is 2.67. The normalized spacial score (nSPS) is 14.9. The van der Waals surface area contributed by atoms with Crippen LogP contribution in [-0.4, -0.2) is 5.20 Å². The molecule has 2 aromatic carbocycles. The Labute approximate surface area is 187 Å². The van der Waals surface area contributed by atoms with Gasteiger partial charge in [-0.1, -0.05) is 0 Å². The molecular weight excluding hydrogens is 466 g/mol. The Morgan fingerprint density at radius 3 is 2.04 bits per heavy atom. The van der Waals surface area contributed by atoms with Crippen LogP contribution >= 0.6 is 0 Å². The van der Waals surface area contributed by atoms with Gasteiger partial charge in [0.05, 0.1) is 0 Å². The molecule has 0 amide bonds. The molecule has 27 heavy (non-hydrogen) atoms. The third-order valence-corrected chi connectivity index (χ3v) is 18.7. The van der Waals surface area contributed by atoms with Crippen molar-refractivity contribution in [3.8, 4) is 11.1 Å². The fourth-order valence-electron chi connectivity index (χ4n) is 4.55. The molecule has 4 rings (SSSR count). The molecule has 0 heterocycles. The largest absolute Gasteiger partial charge is 1.00 e. The average Bonchev–Trinajstić information content (AvgIpc) is 3.17. The smallest absolute Gasteiger partial charge is 1.00 e. The van der Waals surface area contributed by atoms with E-state index in [0.717, 1.165) is 0 Å². The monoisotopic (exact) mass is 490 g/mol. The van der Waals surface area contributed by atoms with E-state index in [9.17, 15) is 0 Å². The van der Waals surface area contributed by atoms with E-state index in [0.29, 0.717) is 5.54 Å². The van der Waals surface area contributed by atoms with Crippen molar-refractivity contribution in [2.45, 2.75) is 44.8 Å². The molecule has 0 aliphatic heterocycles. The van der Waals surface area contributed by atoms with Gasteiger partial charge in [0.2, 0.25) is 0 Å². The van der Waals surface area contributed by atoms with E-state index in [1.54, 1.807) is 16.7 Å². The SMILES string of the molecule is CCCC1=CC[C]([Zr+2][Si](C)(C)C2c3ccccc3-c3ccccc32)=C1.[Cl-].[Cl-]. The Morgan fingerprint density at radius 2 is 1.48 bits per heavy atom. The zero-order valence-electron chi connectivity index (χ0n) is 16.2. The van der Waals surface area contributed by atoms with Gasteiger partial charge in [-0.15, -0.1) is 0 Å². The maximum Gasteiger partial charge on any atom is -1.00 e. The third kappa shape index (κ3) is 4.45. The van der Waals surface area contributed by atoms with Crippen LogP contribution in [0.5, 0.6) is 0 Å². The Hall–Kier alpha value is -0.400. The maximum absolute atomic E-state index is 2.67. The van der Waals surface area contributed by atoms with Gasteiger partial charge >= 0.3 is 164 Å². The Bertz CT molecular complexity index is 825. The van der Waals surface area contributed by atoms with Crippen LogP contribution in [0.2, 0.25) is 13.1 Å². The summed E-state index contributed by atoms with van der Waals surface area (Å²) in [5, 5.41) is -1.32. The van der Waals surface area contributed by atoms with E-state index in [1.807, 2.05) is 3.28 Å². The van der Waals surface area contributed by atoms with Gasteiger partial charge in [-0.2, -0.15) is 0 Å². The molecule has 0 saturated carbocycles. The molecule has 2 aliphatic rings. The Balaban J connectivity index is 0.00000131. The van der Waals surface area contributed by atoms with Crippen LogP contribution in [0.3, 0.4) is 0 Å². The molecule has 0 fully saturated rings. The molecule has 0 saturated heterocycles. The fourth-order valence-corrected chi connectivity index (χ4v) is 19.2. The summed E-state index contributed by atoms with van der Waals surface area (Å²) < 4.78 is 1.84. The molecule has 140 valence electrons. The van der Waals surface area contributed by atoms with E-state index in [1.165, 1.54) is 30.4 Å². The van der Waals surface area contributed by atoms with Gasteiger partial charge in [-0.25, -0.2) is 0 Å². The number of hydrogen-bond acceptors (Lipinski definition) is 0. The summed E-state index contributed by atoms with van der Waals surface area (Å²) in [4.78, 5) is 0. The molecule has 0 bridgehead atoms. The van der Waals surface area contributed by atoms with Crippen molar-refractivity contribution in [3.05, 3.63) is 80.7 Å². The van der Waals surface area contributed by atoms with Crippen molar-refractivity contribution in [2.75, 3.05) is 0 Å². The molecule has 0 unspecified atom stereocenters. The number of hydrogen-bond donors (Lipinski definition) is 0. The number of rotatable bonds is 5. The molecule has 0 aromatic heterocycles. The van der Waals surface area contributed by atoms with E-state index in [4.69, 9.17) is 0 Å². The summed E-state index contributed by atoms with van der Waals surface area (Å²) in [6.45, 7) is 7.63. The minimum absolute atomic E-state index is 0. The van der Waals surface area contributed by atoms with Crippen molar-refractivity contribution in [1.82, 2.24) is 0 Å². The summed E-state index contributed by atoms with van der Waals surface area (Å²) in [5.74, 6) is 0. The molecule has 0 spiro atoms. The zero-order chi connectivity index (χ0) is 17.4. The first kappa shape index (κ1) is 22.9. The van der Waals surface area contributed by atoms with Crippen molar-refractivity contribution in [2.24, 2.45) is 0 Å². The summed E-state index contributed by atoms with van der Waals surface area (Å²) in [5.41, 5.74) is 8.52. The molecule has 0 N–H and O–H groups in total. The zero-order valence-corrected chi connectivity index (χ0v) is 21.2. The van der Waals surface area contributed by atoms with E-state index >= 15 is 0 Å². The van der Waals surface area contributed by atoms with Crippen LogP contribution < -0.4 is 24.8 Å². The standard InChI is InChI=1S/C15H15Si.C8H11.2ClH.Zr/c1-16(2)15-13-9-5-3-7-11(13)12-8-4-6-10-14(12)15;1-2-5-8-6-3-4-7-8;;;/h3-10,15H,1-2H3;6-7H,2-3,5H2,1H3;2*1H;/q;;;;+2/p-2. The summed E-state index contributed by atoms with van der Waals surface area (Å²) in [7, 11) is 0.